The number of aromatic nitrogens is 9. The number of rotatable bonds is 21. The van der Waals surface area contributed by atoms with Crippen molar-refractivity contribution < 1.29 is 93.7 Å². The van der Waals surface area contributed by atoms with Crippen LogP contribution in [0.1, 0.15) is 55.8 Å². The number of ether oxygens (including phenoxy) is 5. The molecule has 11 N–H and O–H groups in total. The molecule has 26 nitrogen and oxygen atoms in total. The summed E-state index contributed by atoms with van der Waals surface area (Å²) in [6.45, 7) is 14.1. The van der Waals surface area contributed by atoms with Gasteiger partial charge < -0.3 is 77.4 Å². The van der Waals surface area contributed by atoms with E-state index in [1.54, 1.807) is 163 Å². The molecule has 0 spiro atoms. The molecule has 10 heterocycles. The van der Waals surface area contributed by atoms with Crippen LogP contribution in [-0.4, -0.2) is 171 Å². The van der Waals surface area contributed by atoms with Crippen molar-refractivity contribution in [3.8, 4) is 28.7 Å². The molecule has 0 unspecified atom stereocenters. The van der Waals surface area contributed by atoms with Crippen molar-refractivity contribution in [3.63, 3.8) is 0 Å². The van der Waals surface area contributed by atoms with Crippen molar-refractivity contribution in [2.75, 3.05) is 99.7 Å². The third-order valence-corrected chi connectivity index (χ3v) is 28.7. The zero-order valence-electron chi connectivity index (χ0n) is 74.5. The summed E-state index contributed by atoms with van der Waals surface area (Å²) < 4.78 is 59.6. The van der Waals surface area contributed by atoms with Gasteiger partial charge in [0.15, 0.2) is 9.84 Å². The predicted molar refractivity (Wildman–Crippen MR) is 561 cm³/mol. The molecule has 39 heteroatoms. The molecule has 18 aromatic rings. The fraction of sp³-hybridized carbons (Fsp3) is 0.232. The van der Waals surface area contributed by atoms with Gasteiger partial charge in [0, 0.05) is 151 Å². The molecule has 1 saturated heterocycles. The Morgan fingerprint density at radius 3 is 1.17 bits per heavy atom. The molecule has 1 fully saturated rings. The van der Waals surface area contributed by atoms with Gasteiger partial charge in [-0.25, -0.2) is 28.4 Å². The molecule has 9 aromatic carbocycles. The third kappa shape index (κ3) is 29.2. The number of phenolic OH excluding ortho intramolecular Hbond substituents is 1. The van der Waals surface area contributed by atoms with Gasteiger partial charge in [0.25, 0.3) is 0 Å². The van der Waals surface area contributed by atoms with E-state index in [4.69, 9.17) is 73.0 Å². The van der Waals surface area contributed by atoms with Crippen LogP contribution in [0.5, 0.6) is 28.7 Å². The minimum atomic E-state index is -3.71. The van der Waals surface area contributed by atoms with E-state index in [-0.39, 0.29) is 112 Å². The fourth-order valence-corrected chi connectivity index (χ4v) is 19.4. The second-order valence-electron chi connectivity index (χ2n) is 30.6. The number of pyridine rings is 5. The van der Waals surface area contributed by atoms with Crippen LogP contribution >= 0.6 is 144 Å². The van der Waals surface area contributed by atoms with Crippen LogP contribution in [0.15, 0.2) is 240 Å². The number of sulfone groups is 1. The number of aromatic hydroxyl groups is 1. The summed E-state index contributed by atoms with van der Waals surface area (Å²) in [5.74, 6) is 2.42. The first kappa shape index (κ1) is 106. The number of phenols is 1. The van der Waals surface area contributed by atoms with E-state index in [0.717, 1.165) is 137 Å². The van der Waals surface area contributed by atoms with Crippen LogP contribution in [0.25, 0.3) is 95.4 Å². The van der Waals surface area contributed by atoms with E-state index in [0.29, 0.717) is 47.8 Å². The standard InChI is InChI=1S/C22H23N3O4S2.C22H23N3O2S2.C18H14BrN3O2S.C11H9BrClNO2.C9H5BrClNO.C7H6N2S.C4H8O.C2H5BrO.Na.H/c1-22(2,3)31(27,28)21-11-15-16(6-7-23-17(15)12-19(21)29-9-8-26)25-14-4-5-20-18(10-14)24-13-30-20;1-22(2,3)29-21-11-15-16(6-7-23-17(15)12-19(21)27-9-8-26)25-14-4-5-20-18(10-14)24-13-28-20;19-13-8-12-14(3-4-20-15(12)9-17(13)24-6-5-23)22-11-1-2-18-16(7-11)21-10-25-18;12-8-5-7-9(13)1-2-14-10(7)6-11(8)16-4-3-15;10-6-3-5-7(11)1-2-12-8(5)4-9(6)13;8-5-1-2-7-6(3-5)9-4-10-7;1-2-4-5-3-1;3-1-2-4;;/h4-7,10-13,26H,8-9H2,1-3H3,(H,23,25);4-7,10-13,26H,8-9H2,1-3H3,(H,23,25);1-4,7-10,23H,5-6H2,(H,20,22);1-2,5-6,15H,3-4H2;1-4,13H;1-4H,8H2;1-4H2;4H,1-2H2;;/q;;;;;;;;+1;-1. The molecule has 0 atom stereocenters. The summed E-state index contributed by atoms with van der Waals surface area (Å²) >= 11 is 33.3. The van der Waals surface area contributed by atoms with E-state index in [9.17, 15) is 18.6 Å². The quantitative estimate of drug-likeness (QED) is 0.0138. The summed E-state index contributed by atoms with van der Waals surface area (Å²) in [5, 5.41) is 69.8. The Kier molecular flexibility index (Phi) is 40.4. The Bertz CT molecular complexity index is 7110. The van der Waals surface area contributed by atoms with Crippen LogP contribution < -0.4 is 70.2 Å². The Morgan fingerprint density at radius 1 is 0.433 bits per heavy atom. The van der Waals surface area contributed by atoms with Crippen molar-refractivity contribution in [1.82, 2.24) is 44.9 Å². The second kappa shape index (κ2) is 51.1. The van der Waals surface area contributed by atoms with Crippen LogP contribution in [-0.2, 0) is 14.6 Å². The maximum atomic E-state index is 13.3. The Morgan fingerprint density at radius 2 is 0.776 bits per heavy atom. The van der Waals surface area contributed by atoms with Crippen molar-refractivity contribution in [2.24, 2.45) is 0 Å². The molecular formula is C95H94Br4Cl2N13NaO13S6. The molecule has 0 radical (unpaired) electrons. The number of aliphatic hydroxyl groups is 5. The number of nitrogens with zero attached hydrogens (tertiary/aromatic N) is 9. The number of nitrogens with one attached hydrogen (secondary N) is 3. The van der Waals surface area contributed by atoms with Gasteiger partial charge in [0.1, 0.15) is 60.1 Å². The Hall–Kier alpha value is -8.65. The normalized spacial score (nSPS) is 11.7. The first-order valence-electron chi connectivity index (χ1n) is 41.2. The van der Waals surface area contributed by atoms with E-state index < -0.39 is 14.6 Å². The van der Waals surface area contributed by atoms with Gasteiger partial charge in [0.2, 0.25) is 0 Å². The topological polar surface area (TPSA) is 380 Å². The number of hydrogen-bond donors (Lipinski definition) is 10. The van der Waals surface area contributed by atoms with Crippen LogP contribution in [0.3, 0.4) is 0 Å². The molecule has 9 aromatic heterocycles. The molecule has 0 amide bonds. The van der Waals surface area contributed by atoms with Crippen LogP contribution in [0.4, 0.5) is 39.8 Å². The summed E-state index contributed by atoms with van der Waals surface area (Å²) in [6, 6.07) is 51.3. The average molecular weight is 2230 g/mol. The predicted octanol–water partition coefficient (Wildman–Crippen LogP) is 21.6. The van der Waals surface area contributed by atoms with Gasteiger partial charge in [-0.05, 0) is 215 Å². The number of thiazole rings is 4. The van der Waals surface area contributed by atoms with Gasteiger partial charge in [-0.2, -0.15) is 0 Å². The van der Waals surface area contributed by atoms with Crippen molar-refractivity contribution in [3.05, 3.63) is 240 Å². The monoisotopic (exact) mass is 2230 g/mol. The smallest absolute Gasteiger partial charge is 1.00 e. The number of anilines is 7. The number of fused-ring (bicyclic) bond motifs is 9. The molecule has 19 rings (SSSR count). The number of halogens is 6. The maximum absolute atomic E-state index is 13.3. The fourth-order valence-electron chi connectivity index (χ4n) is 12.7. The first-order valence-corrected chi connectivity index (χ1v) is 51.3. The SMILES string of the molecule is C1CCOC1.CC(C)(C)S(=O)(=O)c1cc2c(Nc3ccc4scnc4c3)ccnc2cc1OCCO.CC(C)(C)Sc1cc2c(Nc3ccc4scnc4c3)ccnc2cc1OCCO.Nc1ccc2scnc2c1.OCCBr.OCCOc1cc2nccc(Cl)c2cc1Br.OCCOc1cc2nccc(Nc3ccc4scnc4c3)c2cc1Br.Oc1cc2nccc(Cl)c2cc1Br.[H-].[Na+]. The number of nitrogens with two attached hydrogens (primary N) is 1. The molecule has 134 heavy (non-hydrogen) atoms. The first-order chi connectivity index (χ1) is 64.0. The summed E-state index contributed by atoms with van der Waals surface area (Å²) in [6.07, 6.45) is 11.0. The number of alkyl halides is 1. The van der Waals surface area contributed by atoms with Crippen molar-refractivity contribution >= 4 is 289 Å². The zero-order valence-corrected chi connectivity index (χ0v) is 88.3. The minimum Gasteiger partial charge on any atom is -1.00 e. The number of benzene rings is 9. The molecule has 1 aliphatic rings. The summed E-state index contributed by atoms with van der Waals surface area (Å²) in [5.41, 5.74) is 26.7. The molecule has 0 saturated carbocycles. The number of aliphatic hydroxyl groups excluding tert-OH is 5. The van der Waals surface area contributed by atoms with Crippen molar-refractivity contribution in [2.45, 2.75) is 73.7 Å². The van der Waals surface area contributed by atoms with Gasteiger partial charge in [-0.3, -0.25) is 24.9 Å². The molecular weight excluding hydrogens is 2140 g/mol. The van der Waals surface area contributed by atoms with E-state index in [2.05, 4.69) is 176 Å². The maximum Gasteiger partial charge on any atom is 1.00 e. The van der Waals surface area contributed by atoms with Crippen molar-refractivity contribution in [1.29, 1.82) is 0 Å². The largest absolute Gasteiger partial charge is 1.00 e. The average Bonchev–Trinajstić information content (AvgIpc) is 0.867. The van der Waals surface area contributed by atoms with E-state index >= 15 is 0 Å². The van der Waals surface area contributed by atoms with Crippen LogP contribution in [0, 0.1) is 0 Å². The van der Waals surface area contributed by atoms with Gasteiger partial charge in [0.05, 0.1) is 157 Å². The zero-order chi connectivity index (χ0) is 94.8. The van der Waals surface area contributed by atoms with E-state index in [1.165, 1.54) is 26.9 Å². The summed E-state index contributed by atoms with van der Waals surface area (Å²) in [4.78, 5) is 40.0. The molecule has 0 aliphatic carbocycles. The minimum absolute atomic E-state index is 0. The summed E-state index contributed by atoms with van der Waals surface area (Å²) in [7, 11) is -3.71. The number of hydrogen-bond acceptors (Lipinski definition) is 31. The van der Waals surface area contributed by atoms with E-state index in [1.807, 2.05) is 101 Å². The number of thioether (sulfide) groups is 1. The Labute approximate surface area is 861 Å². The Balaban J connectivity index is 0.000000169. The molecule has 0 bridgehead atoms. The molecule has 1 aliphatic heterocycles. The van der Waals surface area contributed by atoms with Gasteiger partial charge in [-0.15, -0.1) is 57.1 Å². The van der Waals surface area contributed by atoms with Gasteiger partial charge in [-0.1, -0.05) is 59.9 Å². The third-order valence-electron chi connectivity index (χ3n) is 18.9. The number of nitrogen functional groups attached to an aromatic ring is 1. The van der Waals surface area contributed by atoms with Crippen LogP contribution in [0.2, 0.25) is 10.0 Å². The van der Waals surface area contributed by atoms with Gasteiger partial charge >= 0.3 is 29.6 Å². The second-order valence-corrected chi connectivity index (χ2v) is 42.9. The molecule has 696 valence electrons.